The molecule has 0 aliphatic carbocycles. The van der Waals surface area contributed by atoms with E-state index < -0.39 is 5.82 Å². The van der Waals surface area contributed by atoms with Gasteiger partial charge in [-0.3, -0.25) is 0 Å². The van der Waals surface area contributed by atoms with Crippen molar-refractivity contribution in [3.8, 4) is 17.1 Å². The van der Waals surface area contributed by atoms with Crippen molar-refractivity contribution in [3.63, 3.8) is 0 Å². The van der Waals surface area contributed by atoms with Crippen LogP contribution in [0.4, 0.5) is 20.4 Å². The van der Waals surface area contributed by atoms with E-state index in [9.17, 15) is 8.78 Å². The zero-order valence-electron chi connectivity index (χ0n) is 14.2. The predicted molar refractivity (Wildman–Crippen MR) is 98.7 cm³/mol. The Labute approximate surface area is 153 Å². The van der Waals surface area contributed by atoms with Crippen LogP contribution in [0.2, 0.25) is 0 Å². The first-order valence-electron chi connectivity index (χ1n) is 7.67. The second-order valence-electron chi connectivity index (χ2n) is 5.38. The molecule has 0 unspecified atom stereocenters. The highest BCUT2D eigenvalue weighted by atomic mass is 32.2. The van der Waals surface area contributed by atoms with Crippen molar-refractivity contribution < 1.29 is 13.5 Å². The topological polar surface area (TPSA) is 59.9 Å². The molecule has 0 spiro atoms. The average Bonchev–Trinajstić information content (AvgIpc) is 2.61. The molecule has 0 bridgehead atoms. The highest BCUT2D eigenvalue weighted by Gasteiger charge is 2.11. The molecule has 0 aliphatic rings. The van der Waals surface area contributed by atoms with E-state index in [4.69, 9.17) is 4.74 Å². The highest BCUT2D eigenvalue weighted by Crippen LogP contribution is 2.28. The van der Waals surface area contributed by atoms with Gasteiger partial charge in [0, 0.05) is 17.5 Å². The maximum Gasteiger partial charge on any atom is 0.230 e. The van der Waals surface area contributed by atoms with Crippen LogP contribution in [-0.4, -0.2) is 28.3 Å². The number of thioether (sulfide) groups is 1. The van der Waals surface area contributed by atoms with Gasteiger partial charge in [0.25, 0.3) is 0 Å². The van der Waals surface area contributed by atoms with E-state index in [1.54, 1.807) is 11.8 Å². The van der Waals surface area contributed by atoms with Crippen LogP contribution in [0, 0.1) is 11.6 Å². The number of nitrogens with one attached hydrogen (secondary N) is 1. The van der Waals surface area contributed by atoms with Crippen LogP contribution < -0.4 is 10.1 Å². The lowest BCUT2D eigenvalue weighted by Gasteiger charge is -2.10. The fourth-order valence-electron chi connectivity index (χ4n) is 2.44. The predicted octanol–water partition coefficient (Wildman–Crippen LogP) is 4.43. The molecule has 0 amide bonds. The summed E-state index contributed by atoms with van der Waals surface area (Å²) in [5.41, 5.74) is 1.92. The van der Waals surface area contributed by atoms with Crippen LogP contribution in [-0.2, 0) is 5.75 Å². The average molecular weight is 374 g/mol. The molecule has 0 fully saturated rings. The molecular formula is C18H16F2N4OS. The van der Waals surface area contributed by atoms with Gasteiger partial charge in [0.05, 0.1) is 12.7 Å². The highest BCUT2D eigenvalue weighted by molar-refractivity contribution is 7.97. The van der Waals surface area contributed by atoms with Crippen LogP contribution >= 0.6 is 11.8 Å². The van der Waals surface area contributed by atoms with Crippen molar-refractivity contribution in [2.45, 2.75) is 5.75 Å². The van der Waals surface area contributed by atoms with Crippen molar-refractivity contribution in [1.29, 1.82) is 0 Å². The Hall–Kier alpha value is -2.74. The maximum atomic E-state index is 13.8. The van der Waals surface area contributed by atoms with Gasteiger partial charge in [-0.05, 0) is 42.2 Å². The normalized spacial score (nSPS) is 10.6. The molecule has 8 heteroatoms. The molecule has 1 aromatic heterocycles. The Kier molecular flexibility index (Phi) is 5.62. The minimum Gasteiger partial charge on any atom is -0.496 e. The minimum absolute atomic E-state index is 0.252. The zero-order chi connectivity index (χ0) is 18.5. The Morgan fingerprint density at radius 3 is 2.69 bits per heavy atom. The Balaban J connectivity index is 1.91. The molecule has 0 saturated carbocycles. The lowest BCUT2D eigenvalue weighted by Crippen LogP contribution is -2.02. The molecular weight excluding hydrogens is 358 g/mol. The number of ether oxygens (including phenoxy) is 1. The summed E-state index contributed by atoms with van der Waals surface area (Å²) in [6, 6.07) is 8.78. The van der Waals surface area contributed by atoms with Crippen LogP contribution in [0.3, 0.4) is 0 Å². The van der Waals surface area contributed by atoms with Gasteiger partial charge in [0.15, 0.2) is 5.82 Å². The fraction of sp³-hybridized carbons (Fsp3) is 0.167. The number of nitrogens with zero attached hydrogens (tertiary/aromatic N) is 3. The van der Waals surface area contributed by atoms with Gasteiger partial charge in [-0.15, -0.1) is 0 Å². The number of halogens is 2. The molecule has 0 atom stereocenters. The summed E-state index contributed by atoms with van der Waals surface area (Å²) in [4.78, 5) is 12.5. The van der Waals surface area contributed by atoms with Crippen LogP contribution in [0.15, 0.2) is 42.7 Å². The monoisotopic (exact) mass is 374 g/mol. The third-order valence-electron chi connectivity index (χ3n) is 3.50. The molecule has 0 aliphatic heterocycles. The van der Waals surface area contributed by atoms with E-state index in [2.05, 4.69) is 20.3 Å². The van der Waals surface area contributed by atoms with Gasteiger partial charge in [-0.25, -0.2) is 18.7 Å². The van der Waals surface area contributed by atoms with Gasteiger partial charge in [0.2, 0.25) is 5.95 Å². The van der Waals surface area contributed by atoms with Crippen molar-refractivity contribution in [1.82, 2.24) is 15.0 Å². The third kappa shape index (κ3) is 4.26. The number of aromatic nitrogens is 3. The van der Waals surface area contributed by atoms with Gasteiger partial charge in [-0.1, -0.05) is 0 Å². The van der Waals surface area contributed by atoms with Crippen molar-refractivity contribution in [2.75, 3.05) is 18.7 Å². The number of hydrogen-bond donors (Lipinski definition) is 1. The van der Waals surface area contributed by atoms with Gasteiger partial charge >= 0.3 is 0 Å². The molecule has 1 heterocycles. The smallest absolute Gasteiger partial charge is 0.230 e. The third-order valence-corrected chi connectivity index (χ3v) is 4.12. The van der Waals surface area contributed by atoms with Crippen LogP contribution in [0.25, 0.3) is 11.4 Å². The van der Waals surface area contributed by atoms with Gasteiger partial charge in [-0.2, -0.15) is 16.7 Å². The maximum absolute atomic E-state index is 13.8. The quantitative estimate of drug-likeness (QED) is 0.689. The number of methoxy groups -OCH3 is 1. The van der Waals surface area contributed by atoms with E-state index >= 15 is 0 Å². The summed E-state index contributed by atoms with van der Waals surface area (Å²) in [5.74, 6) is 0.826. The van der Waals surface area contributed by atoms with E-state index in [1.807, 2.05) is 12.3 Å². The molecule has 1 N–H and O–H groups in total. The second kappa shape index (κ2) is 8.09. The van der Waals surface area contributed by atoms with Gasteiger partial charge in [0.1, 0.15) is 23.7 Å². The lowest BCUT2D eigenvalue weighted by molar-refractivity contribution is 0.412. The summed E-state index contributed by atoms with van der Waals surface area (Å²) in [7, 11) is 1.44. The summed E-state index contributed by atoms with van der Waals surface area (Å²) in [5, 5.41) is 2.98. The first-order chi connectivity index (χ1) is 12.6. The van der Waals surface area contributed by atoms with Crippen molar-refractivity contribution >= 4 is 23.4 Å². The standard InChI is InChI=1S/C18H16F2N4OS/c1-25-16-8-12(19)3-4-15(16)17-21-10-22-18(24-17)23-14-6-11(9-26-2)5-13(20)7-14/h3-8,10H,9H2,1-2H3,(H,21,22,23,24). The Bertz CT molecular complexity index is 923. The largest absolute Gasteiger partial charge is 0.496 e. The van der Waals surface area contributed by atoms with Crippen LogP contribution in [0.5, 0.6) is 5.75 Å². The summed E-state index contributed by atoms with van der Waals surface area (Å²) in [6.07, 6.45) is 3.28. The molecule has 2 aromatic carbocycles. The van der Waals surface area contributed by atoms with E-state index in [0.29, 0.717) is 28.6 Å². The first-order valence-corrected chi connectivity index (χ1v) is 9.07. The molecule has 3 rings (SSSR count). The molecule has 0 saturated heterocycles. The summed E-state index contributed by atoms with van der Waals surface area (Å²) >= 11 is 1.60. The first kappa shape index (κ1) is 18.1. The fourth-order valence-corrected chi connectivity index (χ4v) is 2.94. The molecule has 134 valence electrons. The SMILES string of the molecule is COc1cc(F)ccc1-c1ncnc(Nc2cc(F)cc(CSC)c2)n1. The van der Waals surface area contributed by atoms with E-state index in [0.717, 1.165) is 5.56 Å². The molecule has 5 nitrogen and oxygen atoms in total. The number of benzene rings is 2. The summed E-state index contributed by atoms with van der Waals surface area (Å²) < 4.78 is 32.3. The second-order valence-corrected chi connectivity index (χ2v) is 6.25. The molecule has 26 heavy (non-hydrogen) atoms. The van der Waals surface area contributed by atoms with Gasteiger partial charge < -0.3 is 10.1 Å². The van der Waals surface area contributed by atoms with Crippen molar-refractivity contribution in [2.24, 2.45) is 0 Å². The number of hydrogen-bond acceptors (Lipinski definition) is 6. The number of anilines is 2. The molecule has 3 aromatic rings. The lowest BCUT2D eigenvalue weighted by atomic mass is 10.2. The Morgan fingerprint density at radius 1 is 1.08 bits per heavy atom. The van der Waals surface area contributed by atoms with E-state index in [1.165, 1.54) is 43.8 Å². The van der Waals surface area contributed by atoms with E-state index in [-0.39, 0.29) is 11.8 Å². The van der Waals surface area contributed by atoms with Crippen LogP contribution in [0.1, 0.15) is 5.56 Å². The Morgan fingerprint density at radius 2 is 1.92 bits per heavy atom. The minimum atomic E-state index is -0.418. The molecule has 0 radical (unpaired) electrons. The van der Waals surface area contributed by atoms with Crippen molar-refractivity contribution in [3.05, 3.63) is 59.9 Å². The number of rotatable bonds is 6. The zero-order valence-corrected chi connectivity index (χ0v) is 15.0. The summed E-state index contributed by atoms with van der Waals surface area (Å²) in [6.45, 7) is 0.